The van der Waals surface area contributed by atoms with Crippen LogP contribution in [0.3, 0.4) is 0 Å². The molecule has 2 aromatic rings. The fraction of sp³-hybridized carbons (Fsp3) is 0.500. The second-order valence-corrected chi connectivity index (χ2v) is 8.39. The van der Waals surface area contributed by atoms with Crippen molar-refractivity contribution in [3.8, 4) is 11.5 Å². The van der Waals surface area contributed by atoms with E-state index in [1.807, 2.05) is 0 Å². The Labute approximate surface area is 224 Å². The molecular weight excluding hydrogens is 596 g/mol. The summed E-state index contributed by atoms with van der Waals surface area (Å²) >= 11 is 0. The molecule has 0 fully saturated rings. The smallest absolute Gasteiger partial charge is 0.399 e. The number of benzene rings is 2. The first-order valence-corrected chi connectivity index (χ1v) is 11.2. The maximum Gasteiger partial charge on any atom is 0.399 e. The topological polar surface area (TPSA) is 46.2 Å². The predicted octanol–water partition coefficient (Wildman–Crippen LogP) is 6.92. The Morgan fingerprint density at radius 1 is 0.463 bits per heavy atom. The van der Waals surface area contributed by atoms with Gasteiger partial charge in [0.15, 0.2) is 13.2 Å². The molecule has 41 heavy (non-hydrogen) atoms. The van der Waals surface area contributed by atoms with Crippen LogP contribution in [0.1, 0.15) is 0 Å². The summed E-state index contributed by atoms with van der Waals surface area (Å²) in [6.45, 7) is -14.8. The Hall–Kier alpha value is -2.92. The molecule has 0 aliphatic heterocycles. The summed E-state index contributed by atoms with van der Waals surface area (Å²) in [5, 5.41) is 0. The van der Waals surface area contributed by atoms with E-state index in [0.29, 0.717) is 0 Å². The van der Waals surface area contributed by atoms with E-state index in [1.54, 1.807) is 0 Å². The van der Waals surface area contributed by atoms with E-state index in [4.69, 9.17) is 0 Å². The zero-order valence-corrected chi connectivity index (χ0v) is 20.6. The predicted molar refractivity (Wildman–Crippen MR) is 116 cm³/mol. The highest BCUT2D eigenvalue weighted by molar-refractivity contribution is 5.21. The lowest BCUT2D eigenvalue weighted by Crippen LogP contribution is -2.61. The van der Waals surface area contributed by atoms with Crippen LogP contribution >= 0.6 is 0 Å². The first kappa shape index (κ1) is 34.3. The van der Waals surface area contributed by atoms with Crippen LogP contribution in [-0.2, 0) is 14.2 Å². The van der Waals surface area contributed by atoms with Crippen LogP contribution in [-0.4, -0.2) is 75.5 Å². The Balaban J connectivity index is 2.06. The summed E-state index contributed by atoms with van der Waals surface area (Å²) in [5.74, 6) is -0.350. The van der Waals surface area contributed by atoms with Gasteiger partial charge >= 0.3 is 24.4 Å². The molecule has 2 aromatic carbocycles. The highest BCUT2D eigenvalue weighted by atomic mass is 19.3. The van der Waals surface area contributed by atoms with Gasteiger partial charge in [-0.25, -0.2) is 22.3 Å². The number of ether oxygens (including phenoxy) is 5. The molecule has 0 radical (unpaired) electrons. The molecule has 0 spiro atoms. The summed E-state index contributed by atoms with van der Waals surface area (Å²) < 4.78 is 187. The van der Waals surface area contributed by atoms with Gasteiger partial charge in [-0.05, 0) is 24.3 Å². The zero-order valence-electron chi connectivity index (χ0n) is 20.6. The van der Waals surface area contributed by atoms with Crippen LogP contribution in [0.5, 0.6) is 11.5 Å². The molecule has 0 aliphatic carbocycles. The van der Waals surface area contributed by atoms with E-state index in [-0.39, 0.29) is 11.5 Å². The number of para-hydroxylation sites is 2. The molecule has 0 saturated heterocycles. The average Bonchev–Trinajstić information content (AvgIpc) is 2.93. The van der Waals surface area contributed by atoms with E-state index in [1.165, 1.54) is 60.7 Å². The molecule has 0 bridgehead atoms. The summed E-state index contributed by atoms with van der Waals surface area (Å²) in [6, 6.07) is 13.1. The number of halogens is 12. The van der Waals surface area contributed by atoms with Gasteiger partial charge in [0.1, 0.15) is 24.8 Å². The summed E-state index contributed by atoms with van der Waals surface area (Å²) in [4.78, 5) is 0. The maximum absolute atomic E-state index is 14.6. The molecule has 2 atom stereocenters. The van der Waals surface area contributed by atoms with Gasteiger partial charge in [0.25, 0.3) is 11.3 Å². The zero-order chi connectivity index (χ0) is 31.0. The van der Waals surface area contributed by atoms with Gasteiger partial charge in [-0.1, -0.05) is 36.4 Å². The van der Waals surface area contributed by atoms with Gasteiger partial charge in [-0.3, -0.25) is 0 Å². The lowest BCUT2D eigenvalue weighted by Gasteiger charge is -2.37. The Kier molecular flexibility index (Phi) is 11.2. The van der Waals surface area contributed by atoms with E-state index < -0.39 is 75.5 Å². The summed E-state index contributed by atoms with van der Waals surface area (Å²) in [6.07, 6.45) is -21.6. The summed E-state index contributed by atoms with van der Waals surface area (Å²) in [7, 11) is 0. The molecule has 0 amide bonds. The van der Waals surface area contributed by atoms with Crippen molar-refractivity contribution < 1.29 is 76.4 Å². The standard InChI is InChI=1S/C24H22F12O5/c25-11-19(27,13-39-21(29,30)15-37-17-7-3-1-4-8-17)23(33,34)41-24(35,36)20(28,12-26)14-40-22(31,32)16-38-18-9-5-2-6-10-18/h1-10H,11-16H2. The van der Waals surface area contributed by atoms with Crippen LogP contribution in [0.15, 0.2) is 60.7 Å². The Bertz CT molecular complexity index is 980. The Morgan fingerprint density at radius 2 is 0.780 bits per heavy atom. The van der Waals surface area contributed by atoms with Crippen molar-refractivity contribution in [2.24, 2.45) is 0 Å². The van der Waals surface area contributed by atoms with Gasteiger partial charge in [0.05, 0.1) is 13.2 Å². The molecule has 2 unspecified atom stereocenters. The molecule has 0 N–H and O–H groups in total. The van der Waals surface area contributed by atoms with Crippen molar-refractivity contribution >= 4 is 0 Å². The number of hydrogen-bond donors (Lipinski definition) is 0. The van der Waals surface area contributed by atoms with Crippen molar-refractivity contribution in [2.75, 3.05) is 39.8 Å². The second-order valence-electron chi connectivity index (χ2n) is 8.39. The largest absolute Gasteiger partial charge is 0.484 e. The third-order valence-electron chi connectivity index (χ3n) is 5.05. The average molecular weight is 618 g/mol. The van der Waals surface area contributed by atoms with E-state index in [9.17, 15) is 52.7 Å². The minimum Gasteiger partial charge on any atom is -0.484 e. The molecule has 2 rings (SSSR count). The quantitative estimate of drug-likeness (QED) is 0.170. The fourth-order valence-electron chi connectivity index (χ4n) is 2.64. The van der Waals surface area contributed by atoms with Crippen LogP contribution in [0.25, 0.3) is 0 Å². The summed E-state index contributed by atoms with van der Waals surface area (Å²) in [5.41, 5.74) is -10.3. The van der Waals surface area contributed by atoms with Crippen molar-refractivity contribution in [1.82, 2.24) is 0 Å². The van der Waals surface area contributed by atoms with Crippen molar-refractivity contribution in [1.29, 1.82) is 0 Å². The molecule has 0 heterocycles. The SMILES string of the molecule is FCC(F)(COC(F)(F)COc1ccccc1)C(F)(F)OC(F)(F)C(F)(CF)COC(F)(F)COc1ccccc1. The van der Waals surface area contributed by atoms with Crippen molar-refractivity contribution in [2.45, 2.75) is 35.8 Å². The van der Waals surface area contributed by atoms with Gasteiger partial charge in [0.2, 0.25) is 0 Å². The first-order chi connectivity index (χ1) is 18.9. The van der Waals surface area contributed by atoms with Crippen LogP contribution in [0, 0.1) is 0 Å². The van der Waals surface area contributed by atoms with Gasteiger partial charge in [-0.15, -0.1) is 0 Å². The highest BCUT2D eigenvalue weighted by Gasteiger charge is 2.68. The fourth-order valence-corrected chi connectivity index (χ4v) is 2.64. The molecule has 0 aliphatic rings. The maximum atomic E-state index is 14.6. The van der Waals surface area contributed by atoms with Gasteiger partial charge < -0.3 is 18.9 Å². The minimum atomic E-state index is -6.19. The van der Waals surface area contributed by atoms with E-state index in [2.05, 4.69) is 23.7 Å². The highest BCUT2D eigenvalue weighted by Crippen LogP contribution is 2.45. The van der Waals surface area contributed by atoms with Gasteiger partial charge in [0, 0.05) is 0 Å². The third kappa shape index (κ3) is 9.56. The number of alkyl halides is 12. The third-order valence-corrected chi connectivity index (χ3v) is 5.05. The molecular formula is C24H22F12O5. The number of hydrogen-bond acceptors (Lipinski definition) is 5. The van der Waals surface area contributed by atoms with Gasteiger partial charge in [-0.2, -0.15) is 35.1 Å². The number of rotatable bonds is 18. The van der Waals surface area contributed by atoms with Crippen LogP contribution < -0.4 is 9.47 Å². The second kappa shape index (κ2) is 13.4. The Morgan fingerprint density at radius 3 is 1.07 bits per heavy atom. The molecule has 0 saturated carbocycles. The van der Waals surface area contributed by atoms with Crippen molar-refractivity contribution in [3.05, 3.63) is 60.7 Å². The van der Waals surface area contributed by atoms with Crippen LogP contribution in [0.2, 0.25) is 0 Å². The lowest BCUT2D eigenvalue weighted by atomic mass is 10.1. The molecule has 232 valence electrons. The molecule has 0 aromatic heterocycles. The van der Waals surface area contributed by atoms with E-state index in [0.717, 1.165) is 0 Å². The monoisotopic (exact) mass is 618 g/mol. The molecule has 5 nitrogen and oxygen atoms in total. The molecule has 17 heteroatoms. The van der Waals surface area contributed by atoms with Crippen LogP contribution in [0.4, 0.5) is 52.7 Å². The normalized spacial score (nSPS) is 16.1. The lowest BCUT2D eigenvalue weighted by molar-refractivity contribution is -0.450. The van der Waals surface area contributed by atoms with E-state index >= 15 is 0 Å². The first-order valence-electron chi connectivity index (χ1n) is 11.2. The van der Waals surface area contributed by atoms with Crippen molar-refractivity contribution in [3.63, 3.8) is 0 Å². The minimum absolute atomic E-state index is 0.175.